The quantitative estimate of drug-likeness (QED) is 0.236. The smallest absolute Gasteiger partial charge is 0.264 e. The maximum Gasteiger partial charge on any atom is 0.264 e. The standard InChI is InChI=1S/C30H31N3O7S/c1-30(29(35)31-36,41(2,37)38)14-16-33-15-13-25(21-28(33)34)24-9-7-23(8-10-24)5-3-4-6-26-11-12-27(40-26)22-32-17-19-39-20-18-32/h7-13,15,21,36H,14,16-20,22H2,1-2H3,(H,31,35). The summed E-state index contributed by atoms with van der Waals surface area (Å²) in [6, 6.07) is 14.3. The first-order chi connectivity index (χ1) is 19.6. The van der Waals surface area contributed by atoms with Crippen molar-refractivity contribution in [1.29, 1.82) is 0 Å². The third-order valence-electron chi connectivity index (χ3n) is 7.04. The van der Waals surface area contributed by atoms with E-state index in [4.69, 9.17) is 14.4 Å². The number of hydroxylamine groups is 1. The van der Waals surface area contributed by atoms with Crippen molar-refractivity contribution in [3.63, 3.8) is 0 Å². The van der Waals surface area contributed by atoms with Crippen LogP contribution in [0.5, 0.6) is 0 Å². The fraction of sp³-hybridized carbons (Fsp3) is 0.333. The van der Waals surface area contributed by atoms with Gasteiger partial charge in [0.2, 0.25) is 0 Å². The van der Waals surface area contributed by atoms with Crippen molar-refractivity contribution in [2.45, 2.75) is 31.2 Å². The number of nitrogens with zero attached hydrogens (tertiary/aromatic N) is 2. The summed E-state index contributed by atoms with van der Waals surface area (Å²) in [5, 5.41) is 8.97. The summed E-state index contributed by atoms with van der Waals surface area (Å²) in [6.07, 6.45) is 2.27. The van der Waals surface area contributed by atoms with Gasteiger partial charge in [0.05, 0.1) is 19.8 Å². The molecule has 2 N–H and O–H groups in total. The first-order valence-electron chi connectivity index (χ1n) is 12.9. The number of pyridine rings is 1. The van der Waals surface area contributed by atoms with E-state index in [1.54, 1.807) is 12.3 Å². The normalized spacial score (nSPS) is 15.1. The fourth-order valence-electron chi connectivity index (χ4n) is 4.24. The first kappa shape index (κ1) is 29.8. The van der Waals surface area contributed by atoms with E-state index >= 15 is 0 Å². The molecule has 0 bridgehead atoms. The summed E-state index contributed by atoms with van der Waals surface area (Å²) in [4.78, 5) is 27.0. The van der Waals surface area contributed by atoms with Crippen LogP contribution in [0.2, 0.25) is 0 Å². The SMILES string of the molecule is CC(CCn1ccc(-c2ccc(C#CC#Cc3ccc(CN4CCOCC4)o3)cc2)cc1=O)(C(=O)NO)S(C)(=O)=O. The van der Waals surface area contributed by atoms with Crippen molar-refractivity contribution < 1.29 is 27.6 Å². The highest BCUT2D eigenvalue weighted by Gasteiger charge is 2.43. The molecule has 1 aliphatic rings. The molecule has 2 aromatic heterocycles. The van der Waals surface area contributed by atoms with Gasteiger partial charge in [-0.05, 0) is 72.6 Å². The fourth-order valence-corrected chi connectivity index (χ4v) is 5.09. The van der Waals surface area contributed by atoms with Crippen LogP contribution in [-0.2, 0) is 32.5 Å². The molecule has 1 saturated heterocycles. The minimum absolute atomic E-state index is 0.0289. The lowest BCUT2D eigenvalue weighted by Gasteiger charge is -2.25. The number of benzene rings is 1. The molecule has 11 heteroatoms. The Hall–Kier alpha value is -4.13. The van der Waals surface area contributed by atoms with E-state index in [1.165, 1.54) is 23.0 Å². The number of ether oxygens (including phenoxy) is 1. The predicted molar refractivity (Wildman–Crippen MR) is 152 cm³/mol. The Bertz CT molecular complexity index is 1680. The molecule has 0 aliphatic carbocycles. The molecule has 41 heavy (non-hydrogen) atoms. The summed E-state index contributed by atoms with van der Waals surface area (Å²) in [6.45, 7) is 5.15. The minimum atomic E-state index is -3.86. The van der Waals surface area contributed by atoms with Crippen LogP contribution < -0.4 is 11.0 Å². The molecule has 3 heterocycles. The number of sulfone groups is 1. The second kappa shape index (κ2) is 13.0. The highest BCUT2D eigenvalue weighted by Crippen LogP contribution is 2.23. The number of morpholine rings is 1. The molecule has 10 nitrogen and oxygen atoms in total. The third-order valence-corrected chi connectivity index (χ3v) is 9.07. The van der Waals surface area contributed by atoms with Crippen LogP contribution >= 0.6 is 0 Å². The van der Waals surface area contributed by atoms with Crippen molar-refractivity contribution in [3.8, 4) is 34.8 Å². The van der Waals surface area contributed by atoms with E-state index in [9.17, 15) is 18.0 Å². The van der Waals surface area contributed by atoms with Gasteiger partial charge in [0.15, 0.2) is 20.3 Å². The van der Waals surface area contributed by atoms with Crippen LogP contribution in [-0.4, -0.2) is 66.3 Å². The summed E-state index contributed by atoms with van der Waals surface area (Å²) in [5.41, 5.74) is 3.28. The predicted octanol–water partition coefficient (Wildman–Crippen LogP) is 2.04. The van der Waals surface area contributed by atoms with Gasteiger partial charge in [0.1, 0.15) is 5.76 Å². The number of furan rings is 1. The summed E-state index contributed by atoms with van der Waals surface area (Å²) >= 11 is 0. The van der Waals surface area contributed by atoms with Crippen molar-refractivity contribution >= 4 is 15.7 Å². The van der Waals surface area contributed by atoms with Gasteiger partial charge in [-0.2, -0.15) is 0 Å². The Labute approximate surface area is 238 Å². The molecule has 3 aromatic rings. The first-order valence-corrected chi connectivity index (χ1v) is 14.8. The monoisotopic (exact) mass is 577 g/mol. The zero-order chi connectivity index (χ0) is 29.5. The van der Waals surface area contributed by atoms with Crippen LogP contribution in [0, 0.1) is 23.7 Å². The molecular weight excluding hydrogens is 546 g/mol. The Balaban J connectivity index is 1.37. The second-order valence-electron chi connectivity index (χ2n) is 9.87. The molecule has 1 fully saturated rings. The molecule has 0 saturated carbocycles. The highest BCUT2D eigenvalue weighted by atomic mass is 32.2. The van der Waals surface area contributed by atoms with Gasteiger partial charge < -0.3 is 13.7 Å². The Morgan fingerprint density at radius 2 is 1.76 bits per heavy atom. The Morgan fingerprint density at radius 3 is 2.41 bits per heavy atom. The molecule has 4 rings (SSSR count). The van der Waals surface area contributed by atoms with E-state index in [-0.39, 0.29) is 18.5 Å². The molecule has 0 spiro atoms. The summed E-state index contributed by atoms with van der Waals surface area (Å²) < 4.78 is 34.9. The van der Waals surface area contributed by atoms with Gasteiger partial charge in [-0.25, -0.2) is 13.9 Å². The van der Waals surface area contributed by atoms with Gasteiger partial charge in [-0.15, -0.1) is 0 Å². The van der Waals surface area contributed by atoms with E-state index in [0.29, 0.717) is 11.3 Å². The lowest BCUT2D eigenvalue weighted by atomic mass is 10.0. The van der Waals surface area contributed by atoms with Gasteiger partial charge in [-0.3, -0.25) is 19.7 Å². The number of aromatic nitrogens is 1. The lowest BCUT2D eigenvalue weighted by Crippen LogP contribution is -2.49. The zero-order valence-electron chi connectivity index (χ0n) is 22.8. The Morgan fingerprint density at radius 1 is 1.05 bits per heavy atom. The number of nitrogens with one attached hydrogen (secondary N) is 1. The molecule has 214 valence electrons. The summed E-state index contributed by atoms with van der Waals surface area (Å²) in [7, 11) is -3.86. The topological polar surface area (TPSA) is 131 Å². The largest absolute Gasteiger partial charge is 0.451 e. The molecular formula is C30H31N3O7S. The molecule has 1 unspecified atom stereocenters. The number of hydrogen-bond donors (Lipinski definition) is 2. The van der Waals surface area contributed by atoms with Crippen molar-refractivity contribution in [2.24, 2.45) is 0 Å². The van der Waals surface area contributed by atoms with Crippen LogP contribution in [0.25, 0.3) is 11.1 Å². The van der Waals surface area contributed by atoms with Crippen LogP contribution in [0.4, 0.5) is 0 Å². The van der Waals surface area contributed by atoms with Crippen molar-refractivity contribution in [3.05, 3.63) is 82.2 Å². The van der Waals surface area contributed by atoms with Gasteiger partial charge in [0.25, 0.3) is 11.5 Å². The Kier molecular flexibility index (Phi) is 9.48. The number of aryl methyl sites for hydroxylation is 1. The van der Waals surface area contributed by atoms with Crippen LogP contribution in [0.1, 0.15) is 30.4 Å². The zero-order valence-corrected chi connectivity index (χ0v) is 23.7. The molecule has 0 radical (unpaired) electrons. The van der Waals surface area contributed by atoms with E-state index in [0.717, 1.165) is 56.0 Å². The third kappa shape index (κ3) is 7.54. The molecule has 1 aliphatic heterocycles. The van der Waals surface area contributed by atoms with Crippen LogP contribution in [0.15, 0.2) is 63.9 Å². The molecule has 1 amide bonds. The van der Waals surface area contributed by atoms with E-state index < -0.39 is 20.5 Å². The number of hydrogen-bond acceptors (Lipinski definition) is 8. The lowest BCUT2D eigenvalue weighted by molar-refractivity contribution is -0.131. The van der Waals surface area contributed by atoms with Crippen LogP contribution in [0.3, 0.4) is 0 Å². The average molecular weight is 578 g/mol. The van der Waals surface area contributed by atoms with Gasteiger partial charge in [0, 0.05) is 43.7 Å². The minimum Gasteiger partial charge on any atom is -0.451 e. The van der Waals surface area contributed by atoms with E-state index in [1.807, 2.05) is 36.4 Å². The van der Waals surface area contributed by atoms with Gasteiger partial charge in [-0.1, -0.05) is 18.1 Å². The maximum absolute atomic E-state index is 12.7. The highest BCUT2D eigenvalue weighted by molar-refractivity contribution is 7.92. The van der Waals surface area contributed by atoms with Gasteiger partial charge >= 0.3 is 0 Å². The summed E-state index contributed by atoms with van der Waals surface area (Å²) in [5.74, 6) is 11.9. The number of carbonyl (C=O) groups is 1. The number of amides is 1. The second-order valence-corrected chi connectivity index (χ2v) is 12.3. The number of rotatable bonds is 8. The average Bonchev–Trinajstić information content (AvgIpc) is 3.41. The van der Waals surface area contributed by atoms with Crippen molar-refractivity contribution in [2.75, 3.05) is 32.6 Å². The number of carbonyl (C=O) groups excluding carboxylic acids is 1. The maximum atomic E-state index is 12.7. The molecule has 1 atom stereocenters. The molecule has 1 aromatic carbocycles. The van der Waals surface area contributed by atoms with Crippen molar-refractivity contribution in [1.82, 2.24) is 14.9 Å². The van der Waals surface area contributed by atoms with E-state index in [2.05, 4.69) is 28.6 Å².